The Bertz CT molecular complexity index is 442. The van der Waals surface area contributed by atoms with Crippen molar-refractivity contribution in [3.05, 3.63) is 11.1 Å². The van der Waals surface area contributed by atoms with Gasteiger partial charge < -0.3 is 15.4 Å². The van der Waals surface area contributed by atoms with Crippen molar-refractivity contribution in [2.24, 2.45) is 0 Å². The topological polar surface area (TPSA) is 66.5 Å². The summed E-state index contributed by atoms with van der Waals surface area (Å²) in [5.74, 6) is -0.0648. The van der Waals surface area contributed by atoms with E-state index in [1.165, 1.54) is 30.6 Å². The molecule has 0 bridgehead atoms. The zero-order valence-corrected chi connectivity index (χ0v) is 15.8. The van der Waals surface area contributed by atoms with Gasteiger partial charge in [0, 0.05) is 25.6 Å². The standard InChI is InChI=1S/C14H24N4O2S.2ClH/c1-20-8-5-15-9-13(19)17-14-16-12(11-21-14)10-18-6-3-2-4-7-18;;/h11,15H,2-10H2,1H3,(H,16,17,19);2*1H. The molecule has 1 aromatic heterocycles. The molecule has 0 spiro atoms. The number of amides is 1. The van der Waals surface area contributed by atoms with Crippen LogP contribution < -0.4 is 10.6 Å². The fourth-order valence-electron chi connectivity index (χ4n) is 2.32. The monoisotopic (exact) mass is 384 g/mol. The van der Waals surface area contributed by atoms with E-state index in [2.05, 4.69) is 20.5 Å². The van der Waals surface area contributed by atoms with Gasteiger partial charge in [0.1, 0.15) is 0 Å². The molecule has 0 aromatic carbocycles. The Kier molecular flexibility index (Phi) is 12.7. The average molecular weight is 385 g/mol. The van der Waals surface area contributed by atoms with Gasteiger partial charge in [-0.25, -0.2) is 4.98 Å². The van der Waals surface area contributed by atoms with Gasteiger partial charge in [-0.15, -0.1) is 36.2 Å². The molecular formula is C14H26Cl2N4O2S. The lowest BCUT2D eigenvalue weighted by atomic mass is 10.1. The lowest BCUT2D eigenvalue weighted by Gasteiger charge is -2.25. The molecule has 2 rings (SSSR count). The first-order valence-electron chi connectivity index (χ1n) is 7.44. The normalized spacial score (nSPS) is 14.7. The second-order valence-electron chi connectivity index (χ2n) is 5.20. The summed E-state index contributed by atoms with van der Waals surface area (Å²) in [7, 11) is 1.64. The molecule has 0 aliphatic carbocycles. The lowest BCUT2D eigenvalue weighted by Crippen LogP contribution is -2.30. The average Bonchev–Trinajstić information content (AvgIpc) is 2.92. The summed E-state index contributed by atoms with van der Waals surface area (Å²) in [6.45, 7) is 4.75. The number of likely N-dealkylation sites (tertiary alicyclic amines) is 1. The number of thiazole rings is 1. The number of piperidine rings is 1. The van der Waals surface area contributed by atoms with Crippen molar-refractivity contribution in [2.45, 2.75) is 25.8 Å². The van der Waals surface area contributed by atoms with Crippen molar-refractivity contribution in [3.63, 3.8) is 0 Å². The molecule has 6 nitrogen and oxygen atoms in total. The van der Waals surface area contributed by atoms with Crippen molar-refractivity contribution in [1.29, 1.82) is 0 Å². The summed E-state index contributed by atoms with van der Waals surface area (Å²) in [6, 6.07) is 0. The van der Waals surface area contributed by atoms with Crippen molar-refractivity contribution >= 4 is 47.2 Å². The highest BCUT2D eigenvalue weighted by atomic mass is 35.5. The summed E-state index contributed by atoms with van der Waals surface area (Å²) in [4.78, 5) is 18.6. The number of carbonyl (C=O) groups excluding carboxylic acids is 1. The number of carbonyl (C=O) groups is 1. The van der Waals surface area contributed by atoms with E-state index in [-0.39, 0.29) is 37.3 Å². The Morgan fingerprint density at radius 2 is 2.09 bits per heavy atom. The number of hydrogen-bond acceptors (Lipinski definition) is 6. The quantitative estimate of drug-likeness (QED) is 0.672. The third-order valence-corrected chi connectivity index (χ3v) is 4.21. The molecule has 1 fully saturated rings. The number of halogens is 2. The van der Waals surface area contributed by atoms with Crippen LogP contribution in [0.2, 0.25) is 0 Å². The number of nitrogens with zero attached hydrogens (tertiary/aromatic N) is 2. The molecule has 1 aliphatic rings. The van der Waals surface area contributed by atoms with Gasteiger partial charge in [-0.05, 0) is 25.9 Å². The van der Waals surface area contributed by atoms with E-state index < -0.39 is 0 Å². The van der Waals surface area contributed by atoms with E-state index in [4.69, 9.17) is 4.74 Å². The molecule has 1 aliphatic heterocycles. The minimum absolute atomic E-state index is 0. The Balaban J connectivity index is 0.00000242. The van der Waals surface area contributed by atoms with Crippen LogP contribution in [0.4, 0.5) is 5.13 Å². The van der Waals surface area contributed by atoms with Crippen LogP contribution >= 0.6 is 36.2 Å². The molecule has 0 unspecified atom stereocenters. The van der Waals surface area contributed by atoms with Crippen LogP contribution in [0.1, 0.15) is 25.0 Å². The summed E-state index contributed by atoms with van der Waals surface area (Å²) in [5, 5.41) is 8.54. The van der Waals surface area contributed by atoms with Gasteiger partial charge >= 0.3 is 0 Å². The molecule has 23 heavy (non-hydrogen) atoms. The molecule has 1 amide bonds. The first-order valence-corrected chi connectivity index (χ1v) is 8.32. The third kappa shape index (κ3) is 8.83. The van der Waals surface area contributed by atoms with Gasteiger partial charge in [0.25, 0.3) is 0 Å². The van der Waals surface area contributed by atoms with Gasteiger partial charge in [-0.3, -0.25) is 9.69 Å². The third-order valence-electron chi connectivity index (χ3n) is 3.40. The Morgan fingerprint density at radius 1 is 1.35 bits per heavy atom. The molecule has 0 atom stereocenters. The van der Waals surface area contributed by atoms with Crippen molar-refractivity contribution in [2.75, 3.05) is 45.2 Å². The van der Waals surface area contributed by atoms with E-state index in [9.17, 15) is 4.79 Å². The van der Waals surface area contributed by atoms with Crippen LogP contribution in [0.15, 0.2) is 5.38 Å². The maximum Gasteiger partial charge on any atom is 0.240 e. The summed E-state index contributed by atoms with van der Waals surface area (Å²) in [6.07, 6.45) is 3.90. The van der Waals surface area contributed by atoms with Gasteiger partial charge in [0.2, 0.25) is 5.91 Å². The van der Waals surface area contributed by atoms with Gasteiger partial charge in [0.05, 0.1) is 18.8 Å². The van der Waals surface area contributed by atoms with E-state index in [0.717, 1.165) is 25.3 Å². The van der Waals surface area contributed by atoms with Crippen LogP contribution in [0.3, 0.4) is 0 Å². The molecule has 9 heteroatoms. The first-order chi connectivity index (χ1) is 10.3. The number of ether oxygens (including phenoxy) is 1. The van der Waals surface area contributed by atoms with E-state index in [0.29, 0.717) is 18.3 Å². The van der Waals surface area contributed by atoms with E-state index in [1.54, 1.807) is 7.11 Å². The highest BCUT2D eigenvalue weighted by molar-refractivity contribution is 7.13. The molecule has 1 saturated heterocycles. The zero-order valence-electron chi connectivity index (χ0n) is 13.4. The molecule has 0 saturated carbocycles. The SMILES string of the molecule is COCCNCC(=O)Nc1nc(CN2CCCCC2)cs1.Cl.Cl. The molecule has 1 aromatic rings. The first kappa shape index (κ1) is 22.6. The van der Waals surface area contributed by atoms with Crippen LogP contribution in [0, 0.1) is 0 Å². The van der Waals surface area contributed by atoms with E-state index in [1.807, 2.05) is 5.38 Å². The maximum absolute atomic E-state index is 11.7. The minimum Gasteiger partial charge on any atom is -0.383 e. The smallest absolute Gasteiger partial charge is 0.240 e. The second kappa shape index (κ2) is 12.9. The summed E-state index contributed by atoms with van der Waals surface area (Å²) in [5.41, 5.74) is 1.05. The molecule has 2 heterocycles. The second-order valence-corrected chi connectivity index (χ2v) is 6.06. The number of nitrogens with one attached hydrogen (secondary N) is 2. The van der Waals surface area contributed by atoms with Crippen molar-refractivity contribution < 1.29 is 9.53 Å². The van der Waals surface area contributed by atoms with Gasteiger partial charge in [0.15, 0.2) is 5.13 Å². The fraction of sp³-hybridized carbons (Fsp3) is 0.714. The Labute approximate surface area is 154 Å². The fourth-order valence-corrected chi connectivity index (χ4v) is 3.04. The Morgan fingerprint density at radius 3 is 2.78 bits per heavy atom. The number of anilines is 1. The number of aromatic nitrogens is 1. The molecule has 2 N–H and O–H groups in total. The van der Waals surface area contributed by atoms with Crippen molar-refractivity contribution in [1.82, 2.24) is 15.2 Å². The van der Waals surface area contributed by atoms with Crippen LogP contribution in [-0.4, -0.2) is 55.7 Å². The Hall–Kier alpha value is -0.440. The lowest BCUT2D eigenvalue weighted by molar-refractivity contribution is -0.115. The molecule has 0 radical (unpaired) electrons. The van der Waals surface area contributed by atoms with Crippen LogP contribution in [-0.2, 0) is 16.1 Å². The largest absolute Gasteiger partial charge is 0.383 e. The van der Waals surface area contributed by atoms with Crippen LogP contribution in [0.5, 0.6) is 0 Å². The highest BCUT2D eigenvalue weighted by Crippen LogP contribution is 2.18. The van der Waals surface area contributed by atoms with E-state index >= 15 is 0 Å². The molecule has 134 valence electrons. The van der Waals surface area contributed by atoms with Gasteiger partial charge in [-0.1, -0.05) is 6.42 Å². The number of hydrogen-bond donors (Lipinski definition) is 2. The summed E-state index contributed by atoms with van der Waals surface area (Å²) >= 11 is 1.49. The number of methoxy groups -OCH3 is 1. The highest BCUT2D eigenvalue weighted by Gasteiger charge is 2.13. The maximum atomic E-state index is 11.7. The zero-order chi connectivity index (χ0) is 14.9. The summed E-state index contributed by atoms with van der Waals surface area (Å²) < 4.78 is 4.91. The predicted octanol–water partition coefficient (Wildman–Crippen LogP) is 2.15. The predicted molar refractivity (Wildman–Crippen MR) is 99.1 cm³/mol. The van der Waals surface area contributed by atoms with Crippen molar-refractivity contribution in [3.8, 4) is 0 Å². The minimum atomic E-state index is -0.0648. The van der Waals surface area contributed by atoms with Crippen LogP contribution in [0.25, 0.3) is 0 Å². The number of rotatable bonds is 8. The van der Waals surface area contributed by atoms with Gasteiger partial charge in [-0.2, -0.15) is 0 Å². The molecular weight excluding hydrogens is 359 g/mol.